The van der Waals surface area contributed by atoms with Crippen molar-refractivity contribution in [2.24, 2.45) is 0 Å². The number of hydrogen-bond acceptors (Lipinski definition) is 3. The minimum atomic E-state index is -0.751. The standard InChI is InChI=1S/C20H25N3O3/c24-19(25)10-6-1-2-7-13-21-20(26)18-14-17(15-11-12-15)22-23(18)16-8-4-3-5-9-16/h3-5,8-9,14-15H,1-2,6-7,10-13H2,(H,21,26)(H,24,25). The van der Waals surface area contributed by atoms with Crippen molar-refractivity contribution in [1.29, 1.82) is 0 Å². The summed E-state index contributed by atoms with van der Waals surface area (Å²) in [6, 6.07) is 11.6. The summed E-state index contributed by atoms with van der Waals surface area (Å²) < 4.78 is 1.73. The van der Waals surface area contributed by atoms with Crippen LogP contribution in [0.15, 0.2) is 36.4 Å². The predicted molar refractivity (Wildman–Crippen MR) is 98.6 cm³/mol. The van der Waals surface area contributed by atoms with Gasteiger partial charge < -0.3 is 10.4 Å². The molecule has 0 aliphatic heterocycles. The normalized spacial score (nSPS) is 13.5. The molecule has 1 heterocycles. The van der Waals surface area contributed by atoms with Gasteiger partial charge in [-0.2, -0.15) is 5.10 Å². The number of hydrogen-bond donors (Lipinski definition) is 2. The first kappa shape index (κ1) is 18.2. The third kappa shape index (κ3) is 4.94. The number of nitrogens with one attached hydrogen (secondary N) is 1. The molecule has 1 aliphatic carbocycles. The Hall–Kier alpha value is -2.63. The van der Waals surface area contributed by atoms with Gasteiger partial charge in [-0.05, 0) is 43.9 Å². The Bertz CT molecular complexity index is 751. The Morgan fingerprint density at radius 3 is 2.54 bits per heavy atom. The van der Waals surface area contributed by atoms with Crippen molar-refractivity contribution < 1.29 is 14.7 Å². The molecule has 6 heteroatoms. The number of carboxylic acid groups (broad SMARTS) is 1. The van der Waals surface area contributed by atoms with Crippen molar-refractivity contribution >= 4 is 11.9 Å². The molecular formula is C20H25N3O3. The number of carbonyl (C=O) groups is 2. The van der Waals surface area contributed by atoms with E-state index in [4.69, 9.17) is 5.11 Å². The summed E-state index contributed by atoms with van der Waals surface area (Å²) in [7, 11) is 0. The van der Waals surface area contributed by atoms with Crippen molar-refractivity contribution in [1.82, 2.24) is 15.1 Å². The van der Waals surface area contributed by atoms with Gasteiger partial charge in [-0.1, -0.05) is 31.0 Å². The zero-order valence-electron chi connectivity index (χ0n) is 14.9. The zero-order valence-corrected chi connectivity index (χ0v) is 14.9. The van der Waals surface area contributed by atoms with Crippen LogP contribution < -0.4 is 5.32 Å². The smallest absolute Gasteiger partial charge is 0.303 e. The van der Waals surface area contributed by atoms with Gasteiger partial charge in [0.1, 0.15) is 5.69 Å². The molecule has 0 spiro atoms. The Morgan fingerprint density at radius 2 is 1.85 bits per heavy atom. The molecule has 1 aliphatic rings. The van der Waals surface area contributed by atoms with Gasteiger partial charge in [-0.25, -0.2) is 4.68 Å². The average Bonchev–Trinajstić information content (AvgIpc) is 3.39. The van der Waals surface area contributed by atoms with Gasteiger partial charge >= 0.3 is 5.97 Å². The monoisotopic (exact) mass is 355 g/mol. The molecule has 2 N–H and O–H groups in total. The Labute approximate surface area is 153 Å². The minimum Gasteiger partial charge on any atom is -0.481 e. The predicted octanol–water partition coefficient (Wildman–Crippen LogP) is 3.51. The molecule has 0 unspecified atom stereocenters. The fraction of sp³-hybridized carbons (Fsp3) is 0.450. The summed E-state index contributed by atoms with van der Waals surface area (Å²) >= 11 is 0. The van der Waals surface area contributed by atoms with E-state index in [0.29, 0.717) is 24.6 Å². The number of nitrogens with zero attached hydrogens (tertiary/aromatic N) is 2. The number of aromatic nitrogens is 2. The highest BCUT2D eigenvalue weighted by atomic mass is 16.4. The number of unbranched alkanes of at least 4 members (excludes halogenated alkanes) is 3. The van der Waals surface area contributed by atoms with E-state index in [1.807, 2.05) is 36.4 Å². The minimum absolute atomic E-state index is 0.112. The Kier molecular flexibility index (Phi) is 6.04. The third-order valence-corrected chi connectivity index (χ3v) is 4.56. The molecule has 1 saturated carbocycles. The number of benzene rings is 1. The van der Waals surface area contributed by atoms with Gasteiger partial charge in [0.2, 0.25) is 0 Å². The molecular weight excluding hydrogens is 330 g/mol. The van der Waals surface area contributed by atoms with E-state index in [-0.39, 0.29) is 12.3 Å². The highest BCUT2D eigenvalue weighted by molar-refractivity contribution is 5.93. The van der Waals surface area contributed by atoms with E-state index in [0.717, 1.165) is 43.5 Å². The second kappa shape index (κ2) is 8.65. The largest absolute Gasteiger partial charge is 0.481 e. The maximum atomic E-state index is 12.6. The second-order valence-electron chi connectivity index (χ2n) is 6.79. The highest BCUT2D eigenvalue weighted by Crippen LogP contribution is 2.39. The van der Waals surface area contributed by atoms with Crippen molar-refractivity contribution in [2.75, 3.05) is 6.54 Å². The lowest BCUT2D eigenvalue weighted by Crippen LogP contribution is -2.26. The van der Waals surface area contributed by atoms with Crippen molar-refractivity contribution in [3.63, 3.8) is 0 Å². The molecule has 138 valence electrons. The average molecular weight is 355 g/mol. The lowest BCUT2D eigenvalue weighted by atomic mass is 10.1. The first-order valence-corrected chi connectivity index (χ1v) is 9.30. The number of carbonyl (C=O) groups excluding carboxylic acids is 1. The Balaban J connectivity index is 1.56. The van der Waals surface area contributed by atoms with Crippen molar-refractivity contribution in [3.8, 4) is 5.69 Å². The van der Waals surface area contributed by atoms with E-state index in [9.17, 15) is 9.59 Å². The molecule has 1 amide bonds. The van der Waals surface area contributed by atoms with E-state index >= 15 is 0 Å². The molecule has 0 saturated heterocycles. The molecule has 6 nitrogen and oxygen atoms in total. The summed E-state index contributed by atoms with van der Waals surface area (Å²) in [6.45, 7) is 0.588. The van der Waals surface area contributed by atoms with Gasteiger partial charge in [0.05, 0.1) is 11.4 Å². The number of aliphatic carboxylic acids is 1. The number of amides is 1. The van der Waals surface area contributed by atoms with Gasteiger partial charge in [0.25, 0.3) is 5.91 Å². The van der Waals surface area contributed by atoms with Gasteiger partial charge in [-0.3, -0.25) is 9.59 Å². The van der Waals surface area contributed by atoms with Gasteiger partial charge in [0, 0.05) is 18.9 Å². The molecule has 0 bridgehead atoms. The van der Waals surface area contributed by atoms with Crippen LogP contribution in [0.4, 0.5) is 0 Å². The van der Waals surface area contributed by atoms with Crippen LogP contribution in [0.25, 0.3) is 5.69 Å². The first-order valence-electron chi connectivity index (χ1n) is 9.30. The van der Waals surface area contributed by atoms with E-state index < -0.39 is 5.97 Å². The fourth-order valence-corrected chi connectivity index (χ4v) is 2.95. The molecule has 0 atom stereocenters. The summed E-state index contributed by atoms with van der Waals surface area (Å²) in [5.41, 5.74) is 2.45. The van der Waals surface area contributed by atoms with Crippen LogP contribution in [-0.2, 0) is 4.79 Å². The maximum absolute atomic E-state index is 12.6. The second-order valence-corrected chi connectivity index (χ2v) is 6.79. The van der Waals surface area contributed by atoms with E-state index in [1.54, 1.807) is 4.68 Å². The van der Waals surface area contributed by atoms with Crippen LogP contribution in [0.1, 0.15) is 67.0 Å². The molecule has 26 heavy (non-hydrogen) atoms. The van der Waals surface area contributed by atoms with Crippen LogP contribution in [-0.4, -0.2) is 33.3 Å². The van der Waals surface area contributed by atoms with Gasteiger partial charge in [0.15, 0.2) is 0 Å². The van der Waals surface area contributed by atoms with E-state index in [2.05, 4.69) is 10.4 Å². The highest BCUT2D eigenvalue weighted by Gasteiger charge is 2.28. The maximum Gasteiger partial charge on any atom is 0.303 e. The molecule has 3 rings (SSSR count). The molecule has 2 aromatic rings. The number of carboxylic acids is 1. The summed E-state index contributed by atoms with van der Waals surface area (Å²) in [5, 5.41) is 16.2. The summed E-state index contributed by atoms with van der Waals surface area (Å²) in [6.07, 6.45) is 5.82. The molecule has 0 radical (unpaired) electrons. The topological polar surface area (TPSA) is 84.2 Å². The Morgan fingerprint density at radius 1 is 1.12 bits per heavy atom. The van der Waals surface area contributed by atoms with Crippen LogP contribution in [0.3, 0.4) is 0 Å². The molecule has 1 fully saturated rings. The first-order chi connectivity index (χ1) is 12.6. The zero-order chi connectivity index (χ0) is 18.4. The van der Waals surface area contributed by atoms with Crippen LogP contribution in [0.2, 0.25) is 0 Å². The quantitative estimate of drug-likeness (QED) is 0.639. The van der Waals surface area contributed by atoms with Crippen molar-refractivity contribution in [2.45, 2.75) is 50.9 Å². The molecule has 1 aromatic heterocycles. The van der Waals surface area contributed by atoms with Crippen LogP contribution in [0.5, 0.6) is 0 Å². The number of para-hydroxylation sites is 1. The van der Waals surface area contributed by atoms with Crippen molar-refractivity contribution in [3.05, 3.63) is 47.8 Å². The van der Waals surface area contributed by atoms with Crippen LogP contribution in [0, 0.1) is 0 Å². The summed E-state index contributed by atoms with van der Waals surface area (Å²) in [4.78, 5) is 23.1. The SMILES string of the molecule is O=C(O)CCCCCCNC(=O)c1cc(C2CC2)nn1-c1ccccc1. The van der Waals surface area contributed by atoms with Crippen LogP contribution >= 0.6 is 0 Å². The van der Waals surface area contributed by atoms with E-state index in [1.165, 1.54) is 0 Å². The molecule has 1 aromatic carbocycles. The lowest BCUT2D eigenvalue weighted by Gasteiger charge is -2.08. The number of rotatable bonds is 10. The lowest BCUT2D eigenvalue weighted by molar-refractivity contribution is -0.137. The third-order valence-electron chi connectivity index (χ3n) is 4.56. The van der Waals surface area contributed by atoms with Gasteiger partial charge in [-0.15, -0.1) is 0 Å². The fourth-order valence-electron chi connectivity index (χ4n) is 2.95. The summed E-state index contributed by atoms with van der Waals surface area (Å²) in [5.74, 6) is -0.376.